The Hall–Kier alpha value is 0.0500. The highest BCUT2D eigenvalue weighted by atomic mass is 35.5. The largest absolute Gasteiger partial charge is 0.377 e. The normalized spacial score (nSPS) is 19.6. The van der Waals surface area contributed by atoms with Gasteiger partial charge in [0.2, 0.25) is 0 Å². The molecule has 2 unspecified atom stereocenters. The van der Waals surface area contributed by atoms with Crippen LogP contribution in [-0.2, 0) is 9.90 Å². The quantitative estimate of drug-likeness (QED) is 0.617. The third kappa shape index (κ3) is 2.03. The van der Waals surface area contributed by atoms with Gasteiger partial charge in [-0.3, -0.25) is 0 Å². The molecule has 2 atom stereocenters. The molecular formula is C6H9Cl2O2. The number of hydrogen-bond acceptors (Lipinski definition) is 1. The second-order valence-electron chi connectivity index (χ2n) is 2.24. The van der Waals surface area contributed by atoms with Crippen molar-refractivity contribution in [1.29, 1.82) is 0 Å². The number of halogens is 2. The summed E-state index contributed by atoms with van der Waals surface area (Å²) < 4.78 is 0. The van der Waals surface area contributed by atoms with Crippen LogP contribution in [0.4, 0.5) is 0 Å². The van der Waals surface area contributed by atoms with Gasteiger partial charge in [0.25, 0.3) is 0 Å². The average Bonchev–Trinajstić information content (AvgIpc) is 1.86. The molecule has 0 fully saturated rings. The fraction of sp³-hybridized carbons (Fsp3) is 0.833. The fourth-order valence-electron chi connectivity index (χ4n) is 0.511. The lowest BCUT2D eigenvalue weighted by molar-refractivity contribution is -0.146. The molecule has 4 heteroatoms. The Bertz CT molecular complexity index is 134. The summed E-state index contributed by atoms with van der Waals surface area (Å²) in [7, 11) is 0. The van der Waals surface area contributed by atoms with E-state index >= 15 is 0 Å². The number of rotatable bonds is 3. The number of carbonyl (C=O) groups is 1. The molecule has 0 aliphatic rings. The zero-order chi connectivity index (χ0) is 8.36. The number of hydrogen-bond donors (Lipinski definition) is 0. The van der Waals surface area contributed by atoms with E-state index in [1.807, 2.05) is 0 Å². The molecule has 0 aromatic carbocycles. The second kappa shape index (κ2) is 3.44. The zero-order valence-corrected chi connectivity index (χ0v) is 7.37. The minimum atomic E-state index is -1.45. The van der Waals surface area contributed by atoms with Gasteiger partial charge in [0.05, 0.1) is 5.38 Å². The first-order valence-electron chi connectivity index (χ1n) is 2.97. The Morgan fingerprint density at radius 3 is 2.20 bits per heavy atom. The summed E-state index contributed by atoms with van der Waals surface area (Å²) >= 11 is 11.1. The molecular weight excluding hydrogens is 175 g/mol. The van der Waals surface area contributed by atoms with Gasteiger partial charge >= 0.3 is 5.97 Å². The molecule has 0 saturated heterocycles. The van der Waals surface area contributed by atoms with Crippen molar-refractivity contribution < 1.29 is 9.90 Å². The van der Waals surface area contributed by atoms with Crippen molar-refractivity contribution in [3.63, 3.8) is 0 Å². The minimum absolute atomic E-state index is 0.509. The first kappa shape index (κ1) is 10.0. The minimum Gasteiger partial charge on any atom is -0.245 e. The maximum absolute atomic E-state index is 10.3. The van der Waals surface area contributed by atoms with Crippen LogP contribution in [0, 0.1) is 0 Å². The summed E-state index contributed by atoms with van der Waals surface area (Å²) in [6, 6.07) is 0. The van der Waals surface area contributed by atoms with E-state index in [0.717, 1.165) is 0 Å². The van der Waals surface area contributed by atoms with Crippen molar-refractivity contribution in [3.05, 3.63) is 0 Å². The standard InChI is InChI=1S/C6H9Cl2O2/c1-3-4(7)6(2,8)5(9)10/h4H,3H2,1-2H3. The van der Waals surface area contributed by atoms with Crippen LogP contribution in [0.1, 0.15) is 20.3 Å². The highest BCUT2D eigenvalue weighted by molar-refractivity contribution is 6.39. The van der Waals surface area contributed by atoms with Gasteiger partial charge < -0.3 is 0 Å². The van der Waals surface area contributed by atoms with E-state index in [1.54, 1.807) is 6.92 Å². The summed E-state index contributed by atoms with van der Waals surface area (Å²) in [5.41, 5.74) is 0. The van der Waals surface area contributed by atoms with E-state index in [2.05, 4.69) is 0 Å². The Kier molecular flexibility index (Phi) is 3.46. The predicted molar refractivity (Wildman–Crippen MR) is 39.9 cm³/mol. The highest BCUT2D eigenvalue weighted by Crippen LogP contribution is 2.26. The number of carbonyl (C=O) groups excluding carboxylic acids is 1. The number of alkyl halides is 2. The van der Waals surface area contributed by atoms with Gasteiger partial charge in [-0.05, 0) is 13.3 Å². The van der Waals surface area contributed by atoms with Gasteiger partial charge in [-0.15, -0.1) is 23.2 Å². The summed E-state index contributed by atoms with van der Waals surface area (Å²) in [5.74, 6) is -1.32. The van der Waals surface area contributed by atoms with Crippen LogP contribution in [0.15, 0.2) is 0 Å². The van der Waals surface area contributed by atoms with Crippen molar-refractivity contribution in [1.82, 2.24) is 0 Å². The van der Waals surface area contributed by atoms with Crippen LogP contribution < -0.4 is 0 Å². The Morgan fingerprint density at radius 1 is 1.70 bits per heavy atom. The molecule has 0 aliphatic carbocycles. The van der Waals surface area contributed by atoms with E-state index in [4.69, 9.17) is 23.2 Å². The van der Waals surface area contributed by atoms with Crippen LogP contribution in [0.25, 0.3) is 0 Å². The van der Waals surface area contributed by atoms with Gasteiger partial charge in [-0.2, -0.15) is 0 Å². The lowest BCUT2D eigenvalue weighted by Crippen LogP contribution is -2.37. The van der Waals surface area contributed by atoms with Crippen molar-refractivity contribution in [2.24, 2.45) is 0 Å². The molecule has 2 nitrogen and oxygen atoms in total. The van der Waals surface area contributed by atoms with E-state index in [-0.39, 0.29) is 0 Å². The van der Waals surface area contributed by atoms with Gasteiger partial charge in [-0.1, -0.05) is 6.92 Å². The third-order valence-corrected chi connectivity index (χ3v) is 2.62. The van der Waals surface area contributed by atoms with Crippen molar-refractivity contribution in [2.75, 3.05) is 0 Å². The van der Waals surface area contributed by atoms with E-state index in [1.165, 1.54) is 6.92 Å². The van der Waals surface area contributed by atoms with Crippen LogP contribution in [0.5, 0.6) is 0 Å². The third-order valence-electron chi connectivity index (χ3n) is 1.35. The van der Waals surface area contributed by atoms with E-state index in [9.17, 15) is 9.90 Å². The second-order valence-corrected chi connectivity index (χ2v) is 3.55. The van der Waals surface area contributed by atoms with Crippen molar-refractivity contribution in [2.45, 2.75) is 30.5 Å². The van der Waals surface area contributed by atoms with E-state index in [0.29, 0.717) is 6.42 Å². The van der Waals surface area contributed by atoms with Crippen LogP contribution >= 0.6 is 23.2 Å². The van der Waals surface area contributed by atoms with Crippen LogP contribution in [0.3, 0.4) is 0 Å². The smallest absolute Gasteiger partial charge is 0.245 e. The molecule has 0 N–H and O–H groups in total. The predicted octanol–water partition coefficient (Wildman–Crippen LogP) is 1.96. The summed E-state index contributed by atoms with van der Waals surface area (Å²) in [4.78, 5) is 8.85. The SMILES string of the molecule is CCC(Cl)C(C)(Cl)C([O])=O. The molecule has 10 heavy (non-hydrogen) atoms. The lowest BCUT2D eigenvalue weighted by atomic mass is 10.1. The van der Waals surface area contributed by atoms with Gasteiger partial charge in [-0.25, -0.2) is 9.90 Å². The van der Waals surface area contributed by atoms with E-state index < -0.39 is 16.2 Å². The molecule has 0 saturated carbocycles. The van der Waals surface area contributed by atoms with Crippen LogP contribution in [-0.4, -0.2) is 16.2 Å². The van der Waals surface area contributed by atoms with Gasteiger partial charge in [0.1, 0.15) is 0 Å². The monoisotopic (exact) mass is 183 g/mol. The average molecular weight is 184 g/mol. The highest BCUT2D eigenvalue weighted by Gasteiger charge is 2.38. The van der Waals surface area contributed by atoms with Crippen molar-refractivity contribution >= 4 is 29.2 Å². The van der Waals surface area contributed by atoms with Gasteiger partial charge in [0, 0.05) is 0 Å². The maximum Gasteiger partial charge on any atom is 0.377 e. The summed E-state index contributed by atoms with van der Waals surface area (Å²) in [6.07, 6.45) is 0.509. The molecule has 0 aromatic heterocycles. The lowest BCUT2D eigenvalue weighted by Gasteiger charge is -2.19. The maximum atomic E-state index is 10.3. The first-order valence-corrected chi connectivity index (χ1v) is 3.78. The molecule has 0 bridgehead atoms. The Balaban J connectivity index is 4.23. The molecule has 1 radical (unpaired) electrons. The summed E-state index contributed by atoms with van der Waals surface area (Å²) in [6.45, 7) is 3.10. The fourth-order valence-corrected chi connectivity index (χ4v) is 0.755. The zero-order valence-electron chi connectivity index (χ0n) is 5.86. The molecule has 59 valence electrons. The molecule has 0 spiro atoms. The van der Waals surface area contributed by atoms with Gasteiger partial charge in [0.15, 0.2) is 4.87 Å². The Labute approximate surface area is 70.1 Å². The molecule has 0 aliphatic heterocycles. The van der Waals surface area contributed by atoms with Crippen molar-refractivity contribution in [3.8, 4) is 0 Å². The topological polar surface area (TPSA) is 37.0 Å². The van der Waals surface area contributed by atoms with Crippen LogP contribution in [0.2, 0.25) is 0 Å². The Morgan fingerprint density at radius 2 is 2.10 bits per heavy atom. The molecule has 0 rings (SSSR count). The summed E-state index contributed by atoms with van der Waals surface area (Å²) in [5, 5.41) is 9.71. The molecule has 0 aromatic rings. The molecule has 0 heterocycles. The first-order chi connectivity index (χ1) is 4.42. The molecule has 0 amide bonds.